The summed E-state index contributed by atoms with van der Waals surface area (Å²) in [5.74, 6) is 0.249. The molecule has 2 aromatic rings. The Morgan fingerprint density at radius 2 is 1.71 bits per heavy atom. The molecule has 0 aromatic heterocycles. The highest BCUT2D eigenvalue weighted by atomic mass is 16.6. The number of hydrogen-bond donors (Lipinski definition) is 1. The molecule has 0 bridgehead atoms. The van der Waals surface area contributed by atoms with Gasteiger partial charge in [-0.05, 0) is 50.8 Å². The van der Waals surface area contributed by atoms with Crippen molar-refractivity contribution in [2.45, 2.75) is 51.7 Å². The van der Waals surface area contributed by atoms with Crippen LogP contribution in [0.5, 0.6) is 5.75 Å². The fourth-order valence-electron chi connectivity index (χ4n) is 3.84. The van der Waals surface area contributed by atoms with Crippen LogP contribution in [0.3, 0.4) is 0 Å². The minimum absolute atomic E-state index is 0.0352. The molecule has 0 unspecified atom stereocenters. The first-order valence-corrected chi connectivity index (χ1v) is 10.8. The first-order valence-electron chi connectivity index (χ1n) is 10.8. The lowest BCUT2D eigenvalue weighted by Crippen LogP contribution is -2.57. The average molecular weight is 425 g/mol. The molecule has 166 valence electrons. The van der Waals surface area contributed by atoms with Crippen molar-refractivity contribution in [1.29, 1.82) is 0 Å². The van der Waals surface area contributed by atoms with Crippen LogP contribution in [0.2, 0.25) is 0 Å². The van der Waals surface area contributed by atoms with Gasteiger partial charge in [-0.25, -0.2) is 4.79 Å². The van der Waals surface area contributed by atoms with E-state index < -0.39 is 5.60 Å². The van der Waals surface area contributed by atoms with Crippen LogP contribution in [0.1, 0.15) is 38.3 Å². The first kappa shape index (κ1) is 22.7. The quantitative estimate of drug-likeness (QED) is 0.787. The second-order valence-corrected chi connectivity index (χ2v) is 8.99. The Morgan fingerprint density at radius 3 is 2.39 bits per heavy atom. The molecule has 6 heteroatoms. The van der Waals surface area contributed by atoms with Crippen LogP contribution in [0.25, 0.3) is 0 Å². The Balaban J connectivity index is 1.70. The highest BCUT2D eigenvalue weighted by Crippen LogP contribution is 2.21. The topological polar surface area (TPSA) is 70.1 Å². The minimum Gasteiger partial charge on any atom is -0.508 e. The van der Waals surface area contributed by atoms with Crippen LogP contribution in [0.4, 0.5) is 4.79 Å². The van der Waals surface area contributed by atoms with Crippen LogP contribution < -0.4 is 0 Å². The summed E-state index contributed by atoms with van der Waals surface area (Å²) in [6.45, 7) is 6.91. The lowest BCUT2D eigenvalue weighted by Gasteiger charge is -2.42. The van der Waals surface area contributed by atoms with E-state index in [2.05, 4.69) is 0 Å². The molecular formula is C25H32N2O4. The number of ether oxygens (including phenoxy) is 1. The van der Waals surface area contributed by atoms with Crippen molar-refractivity contribution in [3.05, 3.63) is 65.7 Å². The minimum atomic E-state index is -0.559. The molecular weight excluding hydrogens is 392 g/mol. The van der Waals surface area contributed by atoms with Gasteiger partial charge in [-0.1, -0.05) is 48.5 Å². The molecule has 2 amide bonds. The van der Waals surface area contributed by atoms with Crippen molar-refractivity contribution in [2.24, 2.45) is 0 Å². The normalized spacial score (nSPS) is 16.8. The maximum atomic E-state index is 13.1. The monoisotopic (exact) mass is 424 g/mol. The van der Waals surface area contributed by atoms with Gasteiger partial charge in [0, 0.05) is 26.1 Å². The summed E-state index contributed by atoms with van der Waals surface area (Å²) in [7, 11) is 0. The molecule has 0 aliphatic carbocycles. The van der Waals surface area contributed by atoms with E-state index in [1.54, 1.807) is 17.0 Å². The predicted molar refractivity (Wildman–Crippen MR) is 120 cm³/mol. The smallest absolute Gasteiger partial charge is 0.410 e. The number of rotatable bonds is 5. The van der Waals surface area contributed by atoms with Gasteiger partial charge in [-0.3, -0.25) is 4.79 Å². The molecule has 6 nitrogen and oxygen atoms in total. The molecule has 1 N–H and O–H groups in total. The highest BCUT2D eigenvalue weighted by molar-refractivity contribution is 5.77. The molecule has 1 fully saturated rings. The number of phenolic OH excluding ortho intramolecular Hbond substituents is 1. The number of amides is 2. The van der Waals surface area contributed by atoms with E-state index >= 15 is 0 Å². The SMILES string of the molecule is CC(C)(C)OC(=O)N1CCN(C(=O)CCc2ccccc2O)[C@H](Cc2ccccc2)C1. The number of aromatic hydroxyl groups is 1. The summed E-state index contributed by atoms with van der Waals surface area (Å²) in [6, 6.07) is 17.0. The number of piperazine rings is 1. The summed E-state index contributed by atoms with van der Waals surface area (Å²) in [6.07, 6.45) is 1.13. The number of aryl methyl sites for hydroxylation is 1. The Kier molecular flexibility index (Phi) is 7.21. The lowest BCUT2D eigenvalue weighted by molar-refractivity contribution is -0.136. The Hall–Kier alpha value is -3.02. The van der Waals surface area contributed by atoms with Crippen molar-refractivity contribution in [1.82, 2.24) is 9.80 Å². The van der Waals surface area contributed by atoms with E-state index in [0.717, 1.165) is 11.1 Å². The number of carbonyl (C=O) groups is 2. The van der Waals surface area contributed by atoms with Crippen LogP contribution in [0.15, 0.2) is 54.6 Å². The van der Waals surface area contributed by atoms with Crippen LogP contribution >= 0.6 is 0 Å². The van der Waals surface area contributed by atoms with Gasteiger partial charge in [0.05, 0.1) is 6.04 Å². The van der Waals surface area contributed by atoms with Gasteiger partial charge in [-0.2, -0.15) is 0 Å². The maximum Gasteiger partial charge on any atom is 0.410 e. The van der Waals surface area contributed by atoms with Crippen molar-refractivity contribution in [3.8, 4) is 5.75 Å². The van der Waals surface area contributed by atoms with E-state index in [4.69, 9.17) is 4.74 Å². The Morgan fingerprint density at radius 1 is 1.03 bits per heavy atom. The molecule has 1 aliphatic rings. The van der Waals surface area contributed by atoms with Gasteiger partial charge in [0.2, 0.25) is 5.91 Å². The molecule has 31 heavy (non-hydrogen) atoms. The largest absolute Gasteiger partial charge is 0.508 e. The molecule has 0 spiro atoms. The van der Waals surface area contributed by atoms with Gasteiger partial charge in [-0.15, -0.1) is 0 Å². The zero-order chi connectivity index (χ0) is 22.4. The van der Waals surface area contributed by atoms with Crippen molar-refractivity contribution in [2.75, 3.05) is 19.6 Å². The van der Waals surface area contributed by atoms with Crippen molar-refractivity contribution < 1.29 is 19.4 Å². The van der Waals surface area contributed by atoms with Crippen LogP contribution in [-0.4, -0.2) is 58.2 Å². The van der Waals surface area contributed by atoms with Crippen molar-refractivity contribution >= 4 is 12.0 Å². The molecule has 2 aromatic carbocycles. The van der Waals surface area contributed by atoms with Crippen LogP contribution in [0, 0.1) is 0 Å². The summed E-state index contributed by atoms with van der Waals surface area (Å²) < 4.78 is 5.55. The molecule has 0 saturated carbocycles. The van der Waals surface area contributed by atoms with Gasteiger partial charge in [0.15, 0.2) is 0 Å². The number of para-hydroxylation sites is 1. The third-order valence-corrected chi connectivity index (χ3v) is 5.37. The van der Waals surface area contributed by atoms with Gasteiger partial charge in [0.1, 0.15) is 11.4 Å². The highest BCUT2D eigenvalue weighted by Gasteiger charge is 2.34. The summed E-state index contributed by atoms with van der Waals surface area (Å²) in [5.41, 5.74) is 1.33. The zero-order valence-electron chi connectivity index (χ0n) is 18.6. The fraction of sp³-hybridized carbons (Fsp3) is 0.440. The maximum absolute atomic E-state index is 13.1. The third kappa shape index (κ3) is 6.48. The summed E-state index contributed by atoms with van der Waals surface area (Å²) >= 11 is 0. The van der Waals surface area contributed by atoms with Crippen molar-refractivity contribution in [3.63, 3.8) is 0 Å². The van der Waals surface area contributed by atoms with Gasteiger partial charge >= 0.3 is 6.09 Å². The Bertz CT molecular complexity index is 892. The van der Waals surface area contributed by atoms with E-state index in [1.807, 2.05) is 68.1 Å². The summed E-state index contributed by atoms with van der Waals surface area (Å²) in [4.78, 5) is 29.3. The van der Waals surface area contributed by atoms with E-state index in [9.17, 15) is 14.7 Å². The molecule has 1 heterocycles. The van der Waals surface area contributed by atoms with E-state index in [0.29, 0.717) is 38.9 Å². The molecule has 0 radical (unpaired) electrons. The van der Waals surface area contributed by atoms with E-state index in [1.165, 1.54) is 0 Å². The van der Waals surface area contributed by atoms with Gasteiger partial charge in [0.25, 0.3) is 0 Å². The standard InChI is InChI=1S/C25H32N2O4/c1-25(2,3)31-24(30)26-15-16-27(21(18-26)17-19-9-5-4-6-10-19)23(29)14-13-20-11-7-8-12-22(20)28/h4-12,21,28H,13-18H2,1-3H3/t21-/m1/s1. The predicted octanol–water partition coefficient (Wildman–Crippen LogP) is 4.02. The average Bonchev–Trinajstić information content (AvgIpc) is 2.72. The van der Waals surface area contributed by atoms with E-state index in [-0.39, 0.29) is 23.8 Å². The molecule has 1 saturated heterocycles. The Labute approximate surface area is 184 Å². The molecule has 1 aliphatic heterocycles. The first-order chi connectivity index (χ1) is 14.7. The zero-order valence-corrected chi connectivity index (χ0v) is 18.6. The fourth-order valence-corrected chi connectivity index (χ4v) is 3.84. The number of nitrogens with zero attached hydrogens (tertiary/aromatic N) is 2. The number of carbonyl (C=O) groups excluding carboxylic acids is 2. The molecule has 1 atom stereocenters. The lowest BCUT2D eigenvalue weighted by atomic mass is 10.0. The number of benzene rings is 2. The molecule has 3 rings (SSSR count). The number of hydrogen-bond acceptors (Lipinski definition) is 4. The number of phenols is 1. The summed E-state index contributed by atoms with van der Waals surface area (Å²) in [5, 5.41) is 9.99. The van der Waals surface area contributed by atoms with Gasteiger partial charge < -0.3 is 19.6 Å². The van der Waals surface area contributed by atoms with Crippen LogP contribution in [-0.2, 0) is 22.4 Å². The second kappa shape index (κ2) is 9.86. The third-order valence-electron chi connectivity index (χ3n) is 5.37. The second-order valence-electron chi connectivity index (χ2n) is 8.99.